The third-order valence-corrected chi connectivity index (χ3v) is 17.7. The predicted octanol–water partition coefficient (Wildman–Crippen LogP) is -6.76. The van der Waals surface area contributed by atoms with E-state index in [4.69, 9.17) is 45.2 Å². The molecular weight excluding hydrogens is 1490 g/mol. The van der Waals surface area contributed by atoms with Crippen LogP contribution in [0.4, 0.5) is 0 Å². The maximum atomic E-state index is 14.9. The molecule has 2 rings (SSSR count). The Morgan fingerprint density at radius 3 is 1.34 bits per heavy atom. The molecule has 0 aliphatic carbocycles. The molecule has 1 aromatic heterocycles. The number of rotatable bonds is 57. The molecule has 114 heavy (non-hydrogen) atoms. The first-order valence-electron chi connectivity index (χ1n) is 37.6. The number of unbranched alkanes of at least 4 members (excludes halogenated alkanes) is 1. The van der Waals surface area contributed by atoms with Crippen LogP contribution in [-0.2, 0) is 89.6 Å². The molecule has 0 saturated heterocycles. The van der Waals surface area contributed by atoms with Crippen LogP contribution in [0.5, 0.6) is 0 Å². The lowest BCUT2D eigenvalue weighted by molar-refractivity contribution is -0.143. The van der Waals surface area contributed by atoms with E-state index in [1.165, 1.54) is 12.5 Å². The van der Waals surface area contributed by atoms with Crippen molar-refractivity contribution in [2.45, 2.75) is 230 Å². The van der Waals surface area contributed by atoms with Crippen LogP contribution in [-0.4, -0.2) is 237 Å². The zero-order valence-corrected chi connectivity index (χ0v) is 65.3. The van der Waals surface area contributed by atoms with Gasteiger partial charge in [-0.2, -0.15) is 0 Å². The largest absolute Gasteiger partial charge is 0.481 e. The lowest BCUT2D eigenvalue weighted by Gasteiger charge is -2.30. The normalized spacial score (nSPS) is 14.5. The summed E-state index contributed by atoms with van der Waals surface area (Å²) < 4.78 is 0. The maximum absolute atomic E-state index is 14.9. The molecule has 0 aliphatic rings. The lowest BCUT2D eigenvalue weighted by atomic mass is 9.96. The molecule has 0 aliphatic heterocycles. The molecule has 13 atom stereocenters. The Labute approximate surface area is 660 Å². The van der Waals surface area contributed by atoms with E-state index in [1.807, 2.05) is 0 Å². The van der Waals surface area contributed by atoms with Gasteiger partial charge in [-0.05, 0) is 107 Å². The third kappa shape index (κ3) is 39.5. The average molecular weight is 1610 g/mol. The van der Waals surface area contributed by atoms with E-state index in [0.717, 1.165) is 0 Å². The summed E-state index contributed by atoms with van der Waals surface area (Å²) in [6.45, 7) is 8.46. The van der Waals surface area contributed by atoms with Gasteiger partial charge in [-0.3, -0.25) is 82.7 Å². The second kappa shape index (κ2) is 52.6. The number of carboxylic acids is 2. The van der Waals surface area contributed by atoms with Crippen molar-refractivity contribution in [3.05, 3.63) is 54.1 Å². The fourth-order valence-corrected chi connectivity index (χ4v) is 11.3. The number of carboxylic acid groups (broad SMARTS) is 2. The number of benzene rings is 1. The van der Waals surface area contributed by atoms with Gasteiger partial charge in [0.2, 0.25) is 82.7 Å². The van der Waals surface area contributed by atoms with Crippen LogP contribution in [0.2, 0.25) is 0 Å². The number of aliphatic hydroxyl groups is 1. The summed E-state index contributed by atoms with van der Waals surface area (Å²) in [6.07, 6.45) is 0.117. The number of hydrogen-bond acceptors (Lipinski definition) is 22. The summed E-state index contributed by atoms with van der Waals surface area (Å²) in [5.41, 5.74) is 34.1. The Morgan fingerprint density at radius 1 is 0.465 bits per heavy atom. The smallest absolute Gasteiger partial charge is 0.326 e. The summed E-state index contributed by atoms with van der Waals surface area (Å²) >= 11 is 0. The Morgan fingerprint density at radius 2 is 0.886 bits per heavy atom. The minimum atomic E-state index is -1.79. The predicted molar refractivity (Wildman–Crippen MR) is 413 cm³/mol. The number of aliphatic hydroxyl groups excluding tert-OH is 1. The zero-order chi connectivity index (χ0) is 85.7. The van der Waals surface area contributed by atoms with E-state index in [2.05, 4.69) is 84.4 Å². The number of amides is 14. The van der Waals surface area contributed by atoms with Gasteiger partial charge in [-0.1, -0.05) is 78.3 Å². The summed E-state index contributed by atoms with van der Waals surface area (Å²) in [6, 6.07) is -10.0. The highest BCUT2D eigenvalue weighted by atomic mass is 16.4. The van der Waals surface area contributed by atoms with Crippen molar-refractivity contribution in [3.8, 4) is 0 Å². The van der Waals surface area contributed by atoms with Crippen LogP contribution >= 0.6 is 0 Å². The number of carbonyl (C=O) groups excluding carboxylic acids is 14. The molecular formula is C71H118N24O19. The number of aliphatic carboxylic acids is 2. The Bertz CT molecular complexity index is 3540. The highest BCUT2D eigenvalue weighted by Crippen LogP contribution is 2.16. The van der Waals surface area contributed by atoms with Crippen LogP contribution in [0.3, 0.4) is 0 Å². The first-order chi connectivity index (χ1) is 53.8. The van der Waals surface area contributed by atoms with Crippen LogP contribution in [0, 0.1) is 28.6 Å². The van der Waals surface area contributed by atoms with Gasteiger partial charge in [0, 0.05) is 51.4 Å². The van der Waals surface area contributed by atoms with Crippen LogP contribution in [0.15, 0.2) is 42.9 Å². The van der Waals surface area contributed by atoms with E-state index in [1.54, 1.807) is 71.9 Å². The van der Waals surface area contributed by atoms with Crippen molar-refractivity contribution in [2.24, 2.45) is 52.2 Å². The van der Waals surface area contributed by atoms with Crippen LogP contribution in [0.25, 0.3) is 0 Å². The SMILES string of the molecule is CC[C@H](C)[C@H](NC(=O)[C@H](Cc1ccccc1)NC(=O)[C@H](CCCNC(=N)N)NC(=O)[C@H](CO)NC(=O)CNC(=O)[C@H](Cc1c[nH]cn1)NC(=O)[C@@H](N)CCC(N)=O)C(=O)N[C@@H](CCC(N)=O)C(=O)N[C@@H](CC(C)C)C(=O)N[C@@H](CCCCN)C(=O)N[C@@H](CC(C)C)C(=O)N[C@@H](CCC(=O)O)C(=O)N[C@@H](CCCNC(=N)N)C(=O)O. The number of nitrogens with zero attached hydrogens (tertiary/aromatic N) is 1. The second-order valence-corrected chi connectivity index (χ2v) is 28.3. The molecule has 1 aromatic carbocycles. The van der Waals surface area contributed by atoms with Crippen molar-refractivity contribution < 1.29 is 92.0 Å². The standard InChI is InChI=1S/C71H118N24O19/c1-7-39(6)57(95-66(110)50(31-40-15-9-8-10-16-40)94-61(105)44(18-13-27-81-70(76)77)87-67(111)52(35-96)85-55(99)34-83-59(103)51(32-41-33-80-36-84-41)91-58(102)42(73)20-23-53(74)97)68(112)89-45(21-24-54(75)98)63(107)93-48(29-37(2)3)64(108)86-43(17-11-12-26-72)60(104)92-49(30-38(4)5)65(109)88-46(22-25-56(100)101)62(106)90-47(69(113)114)19-14-28-82-71(78)79/h8-10,15-16,33,36-39,42-52,57,96H,7,11-14,17-32,34-35,72-73H2,1-6H3,(H2,74,97)(H2,75,98)(H,80,84)(H,83,103)(H,85,99)(H,86,108)(H,87,111)(H,88,109)(H,89,112)(H,90,106)(H,91,102)(H,92,104)(H,93,107)(H,94,105)(H,95,110)(H,100,101)(H,113,114)(H4,76,77,81)(H4,78,79,82)/t39-,42-,43-,44-,45-,46-,47-,48-,49-,50-,51-,52-,57-/m0/s1. The molecule has 14 amide bonds. The topological polar surface area (TPSA) is 735 Å². The monoisotopic (exact) mass is 1610 g/mol. The Balaban J connectivity index is 2.54. The Hall–Kier alpha value is -11.6. The number of nitrogens with one attached hydrogen (secondary N) is 17. The molecule has 0 bridgehead atoms. The number of aromatic nitrogens is 2. The summed E-state index contributed by atoms with van der Waals surface area (Å²) in [5.74, 6) is -18.4. The van der Waals surface area contributed by atoms with Gasteiger partial charge in [0.15, 0.2) is 11.9 Å². The van der Waals surface area contributed by atoms with Gasteiger partial charge in [0.25, 0.3) is 0 Å². The van der Waals surface area contributed by atoms with Gasteiger partial charge in [0.1, 0.15) is 66.5 Å². The van der Waals surface area contributed by atoms with Gasteiger partial charge in [-0.15, -0.1) is 0 Å². The number of hydrogen-bond donors (Lipinski definition) is 26. The number of aromatic amines is 1. The molecule has 43 nitrogen and oxygen atoms in total. The first-order valence-corrected chi connectivity index (χ1v) is 37.6. The number of primary amides is 2. The van der Waals surface area contributed by atoms with E-state index in [-0.39, 0.29) is 121 Å². The van der Waals surface area contributed by atoms with Crippen molar-refractivity contribution >= 4 is 107 Å². The summed E-state index contributed by atoms with van der Waals surface area (Å²) in [7, 11) is 0. The molecule has 2 aromatic rings. The fourth-order valence-electron chi connectivity index (χ4n) is 11.3. The van der Waals surface area contributed by atoms with Gasteiger partial charge in [-0.25, -0.2) is 9.78 Å². The number of nitrogens with two attached hydrogens (primary N) is 6. The van der Waals surface area contributed by atoms with Crippen molar-refractivity contribution in [2.75, 3.05) is 32.8 Å². The zero-order valence-electron chi connectivity index (χ0n) is 65.3. The molecule has 0 saturated carbocycles. The van der Waals surface area contributed by atoms with E-state index < -0.39 is 218 Å². The summed E-state index contributed by atoms with van der Waals surface area (Å²) in [4.78, 5) is 224. The minimum absolute atomic E-state index is 0.0150. The number of H-pyrrole nitrogens is 1. The lowest BCUT2D eigenvalue weighted by Crippen LogP contribution is -2.62. The molecule has 0 fully saturated rings. The highest BCUT2D eigenvalue weighted by Gasteiger charge is 2.38. The van der Waals surface area contributed by atoms with E-state index in [9.17, 15) is 92.0 Å². The van der Waals surface area contributed by atoms with Crippen LogP contribution in [0.1, 0.15) is 156 Å². The molecule has 1 heterocycles. The number of imidazole rings is 1. The third-order valence-electron chi connectivity index (χ3n) is 17.7. The van der Waals surface area contributed by atoms with Crippen molar-refractivity contribution in [1.82, 2.24) is 84.4 Å². The molecule has 32 N–H and O–H groups in total. The highest BCUT2D eigenvalue weighted by molar-refractivity contribution is 6.00. The van der Waals surface area contributed by atoms with Crippen LogP contribution < -0.4 is 109 Å². The molecule has 636 valence electrons. The van der Waals surface area contributed by atoms with Gasteiger partial charge < -0.3 is 129 Å². The molecule has 0 spiro atoms. The van der Waals surface area contributed by atoms with E-state index >= 15 is 0 Å². The number of guanidine groups is 2. The fraction of sp³-hybridized carbons (Fsp3) is 0.620. The number of carbonyl (C=O) groups is 16. The van der Waals surface area contributed by atoms with E-state index in [0.29, 0.717) is 17.7 Å². The van der Waals surface area contributed by atoms with Crippen molar-refractivity contribution in [3.63, 3.8) is 0 Å². The molecule has 0 radical (unpaired) electrons. The minimum Gasteiger partial charge on any atom is -0.481 e. The second-order valence-electron chi connectivity index (χ2n) is 28.3. The first kappa shape index (κ1) is 98.4. The molecule has 0 unspecified atom stereocenters. The van der Waals surface area contributed by atoms with Gasteiger partial charge >= 0.3 is 11.9 Å². The quantitative estimate of drug-likeness (QED) is 0.0166. The average Bonchev–Trinajstić information content (AvgIpc) is 1.19. The molecule has 43 heteroatoms. The van der Waals surface area contributed by atoms with Gasteiger partial charge in [0.05, 0.1) is 31.2 Å². The summed E-state index contributed by atoms with van der Waals surface area (Å²) in [5, 5.41) is 80.0. The maximum Gasteiger partial charge on any atom is 0.326 e. The van der Waals surface area contributed by atoms with Crippen molar-refractivity contribution in [1.29, 1.82) is 10.8 Å². The Kier molecular flexibility index (Phi) is 45.4.